The molecule has 0 unspecified atom stereocenters. The normalized spacial score (nSPS) is 14.6. The minimum Gasteiger partial charge on any atom is -0.493 e. The lowest BCUT2D eigenvalue weighted by Gasteiger charge is -2.31. The van der Waals surface area contributed by atoms with Crippen LogP contribution in [0.25, 0.3) is 0 Å². The number of rotatable bonds is 5. The predicted molar refractivity (Wildman–Crippen MR) is 80.2 cm³/mol. The third kappa shape index (κ3) is 2.40. The molecule has 4 heteroatoms. The first kappa shape index (κ1) is 14.9. The van der Waals surface area contributed by atoms with Crippen molar-refractivity contribution in [3.8, 4) is 11.5 Å². The van der Waals surface area contributed by atoms with E-state index in [1.807, 2.05) is 26.0 Å². The number of nitrogens with zero attached hydrogens (tertiary/aromatic N) is 1. The van der Waals surface area contributed by atoms with Crippen molar-refractivity contribution in [3.05, 3.63) is 23.3 Å². The van der Waals surface area contributed by atoms with Crippen LogP contribution in [0.3, 0.4) is 0 Å². The standard InChI is InChI=1S/C16H23NO3/c1-5-16(18,6-2)15-12-10-14(20-4)13(19-3)9-11(12)7-8-17-15/h9-10,18H,5-8H2,1-4H3. The van der Waals surface area contributed by atoms with E-state index < -0.39 is 5.60 Å². The van der Waals surface area contributed by atoms with Crippen molar-refractivity contribution >= 4 is 5.71 Å². The van der Waals surface area contributed by atoms with Gasteiger partial charge in [0.2, 0.25) is 0 Å². The number of benzene rings is 1. The van der Waals surface area contributed by atoms with Crippen molar-refractivity contribution in [1.29, 1.82) is 0 Å². The topological polar surface area (TPSA) is 51.1 Å². The molecule has 0 bridgehead atoms. The maximum atomic E-state index is 10.8. The molecule has 1 heterocycles. The van der Waals surface area contributed by atoms with Crippen LogP contribution in [0, 0.1) is 0 Å². The minimum absolute atomic E-state index is 0.649. The number of fused-ring (bicyclic) bond motifs is 1. The van der Waals surface area contributed by atoms with Crippen LogP contribution < -0.4 is 9.47 Å². The van der Waals surface area contributed by atoms with Gasteiger partial charge in [-0.1, -0.05) is 13.8 Å². The molecule has 1 aliphatic rings. The molecule has 0 saturated carbocycles. The maximum absolute atomic E-state index is 10.8. The lowest BCUT2D eigenvalue weighted by Crippen LogP contribution is -2.40. The first-order valence-corrected chi connectivity index (χ1v) is 7.12. The summed E-state index contributed by atoms with van der Waals surface area (Å²) in [6, 6.07) is 3.93. The molecule has 0 saturated heterocycles. The van der Waals surface area contributed by atoms with E-state index in [0.717, 1.165) is 29.0 Å². The third-order valence-corrected chi connectivity index (χ3v) is 4.13. The number of ether oxygens (including phenoxy) is 2. The summed E-state index contributed by atoms with van der Waals surface area (Å²) in [4.78, 5) is 4.59. The van der Waals surface area contributed by atoms with Gasteiger partial charge in [-0.15, -0.1) is 0 Å². The second-order valence-corrected chi connectivity index (χ2v) is 5.08. The van der Waals surface area contributed by atoms with E-state index >= 15 is 0 Å². The number of hydrogen-bond acceptors (Lipinski definition) is 4. The Morgan fingerprint density at radius 2 is 1.75 bits per heavy atom. The van der Waals surface area contributed by atoms with Gasteiger partial charge in [-0.2, -0.15) is 0 Å². The van der Waals surface area contributed by atoms with Crippen LogP contribution in [-0.2, 0) is 6.42 Å². The molecule has 0 fully saturated rings. The summed E-state index contributed by atoms with van der Waals surface area (Å²) in [6.45, 7) is 4.68. The Bertz CT molecular complexity index is 519. The molecular formula is C16H23NO3. The molecule has 0 amide bonds. The Morgan fingerprint density at radius 3 is 2.30 bits per heavy atom. The van der Waals surface area contributed by atoms with Gasteiger partial charge in [0, 0.05) is 12.1 Å². The molecule has 1 aromatic carbocycles. The van der Waals surface area contributed by atoms with Crippen LogP contribution in [0.1, 0.15) is 37.8 Å². The van der Waals surface area contributed by atoms with Gasteiger partial charge in [0.1, 0.15) is 5.60 Å². The fourth-order valence-corrected chi connectivity index (χ4v) is 2.70. The summed E-state index contributed by atoms with van der Waals surface area (Å²) in [5.41, 5.74) is 2.06. The molecule has 4 nitrogen and oxygen atoms in total. The summed E-state index contributed by atoms with van der Waals surface area (Å²) >= 11 is 0. The van der Waals surface area contributed by atoms with Gasteiger partial charge in [-0.05, 0) is 37.0 Å². The Labute approximate surface area is 120 Å². The highest BCUT2D eigenvalue weighted by Gasteiger charge is 2.33. The van der Waals surface area contributed by atoms with Crippen molar-refractivity contribution in [3.63, 3.8) is 0 Å². The van der Waals surface area contributed by atoms with Crippen molar-refractivity contribution in [2.45, 2.75) is 38.7 Å². The number of hydrogen-bond donors (Lipinski definition) is 1. The van der Waals surface area contributed by atoms with Crippen LogP contribution in [0.15, 0.2) is 17.1 Å². The summed E-state index contributed by atoms with van der Waals surface area (Å²) in [7, 11) is 3.26. The van der Waals surface area contributed by atoms with Gasteiger partial charge in [0.15, 0.2) is 11.5 Å². The summed E-state index contributed by atoms with van der Waals surface area (Å²) in [5.74, 6) is 1.40. The zero-order valence-electron chi connectivity index (χ0n) is 12.7. The van der Waals surface area contributed by atoms with Gasteiger partial charge < -0.3 is 14.6 Å². The molecule has 0 radical (unpaired) electrons. The molecule has 110 valence electrons. The highest BCUT2D eigenvalue weighted by atomic mass is 16.5. The Kier molecular flexibility index (Phi) is 4.33. The minimum atomic E-state index is -0.866. The lowest BCUT2D eigenvalue weighted by atomic mass is 9.83. The molecular weight excluding hydrogens is 254 g/mol. The van der Waals surface area contributed by atoms with Crippen LogP contribution in [0.2, 0.25) is 0 Å². The molecule has 1 aromatic rings. The number of aliphatic hydroxyl groups is 1. The van der Waals surface area contributed by atoms with Gasteiger partial charge >= 0.3 is 0 Å². The second-order valence-electron chi connectivity index (χ2n) is 5.08. The lowest BCUT2D eigenvalue weighted by molar-refractivity contribution is 0.104. The van der Waals surface area contributed by atoms with E-state index in [4.69, 9.17) is 9.47 Å². The van der Waals surface area contributed by atoms with Crippen molar-refractivity contribution in [1.82, 2.24) is 0 Å². The van der Waals surface area contributed by atoms with Crippen LogP contribution in [-0.4, -0.2) is 37.2 Å². The molecule has 0 aromatic heterocycles. The van der Waals surface area contributed by atoms with E-state index in [9.17, 15) is 5.11 Å². The Morgan fingerprint density at radius 1 is 1.15 bits per heavy atom. The third-order valence-electron chi connectivity index (χ3n) is 4.13. The largest absolute Gasteiger partial charge is 0.493 e. The molecule has 20 heavy (non-hydrogen) atoms. The van der Waals surface area contributed by atoms with Gasteiger partial charge in [-0.25, -0.2) is 0 Å². The molecule has 2 rings (SSSR count). The van der Waals surface area contributed by atoms with E-state index in [0.29, 0.717) is 25.1 Å². The average Bonchev–Trinajstić information content (AvgIpc) is 2.51. The van der Waals surface area contributed by atoms with Gasteiger partial charge in [-0.3, -0.25) is 4.99 Å². The Hall–Kier alpha value is -1.55. The summed E-state index contributed by atoms with van der Waals surface area (Å²) in [6.07, 6.45) is 2.16. The van der Waals surface area contributed by atoms with Crippen LogP contribution in [0.4, 0.5) is 0 Å². The van der Waals surface area contributed by atoms with E-state index in [-0.39, 0.29) is 0 Å². The first-order chi connectivity index (χ1) is 9.59. The van der Waals surface area contributed by atoms with Gasteiger partial charge in [0.25, 0.3) is 0 Å². The molecule has 1 aliphatic heterocycles. The van der Waals surface area contributed by atoms with Gasteiger partial charge in [0.05, 0.1) is 19.9 Å². The molecule has 0 aliphatic carbocycles. The second kappa shape index (κ2) is 5.83. The van der Waals surface area contributed by atoms with Crippen LogP contribution in [0.5, 0.6) is 11.5 Å². The van der Waals surface area contributed by atoms with Crippen molar-refractivity contribution < 1.29 is 14.6 Å². The van der Waals surface area contributed by atoms with E-state index in [2.05, 4.69) is 4.99 Å². The fourth-order valence-electron chi connectivity index (χ4n) is 2.70. The highest BCUT2D eigenvalue weighted by Crippen LogP contribution is 2.35. The average molecular weight is 277 g/mol. The molecule has 0 spiro atoms. The zero-order chi connectivity index (χ0) is 14.8. The predicted octanol–water partition coefficient (Wildman–Crippen LogP) is 2.60. The van der Waals surface area contributed by atoms with Crippen LogP contribution >= 0.6 is 0 Å². The molecule has 0 atom stereocenters. The quantitative estimate of drug-likeness (QED) is 0.900. The van der Waals surface area contributed by atoms with Crippen molar-refractivity contribution in [2.24, 2.45) is 4.99 Å². The first-order valence-electron chi connectivity index (χ1n) is 7.12. The van der Waals surface area contributed by atoms with Crippen molar-refractivity contribution in [2.75, 3.05) is 20.8 Å². The SMILES string of the molecule is CCC(O)(CC)C1=NCCc2cc(OC)c(OC)cc21. The summed E-state index contributed by atoms with van der Waals surface area (Å²) in [5, 5.41) is 10.8. The Balaban J connectivity index is 2.55. The maximum Gasteiger partial charge on any atom is 0.161 e. The summed E-state index contributed by atoms with van der Waals surface area (Å²) < 4.78 is 10.7. The monoisotopic (exact) mass is 277 g/mol. The number of methoxy groups -OCH3 is 2. The van der Waals surface area contributed by atoms with E-state index in [1.165, 1.54) is 0 Å². The number of aliphatic imine (C=N–C) groups is 1. The highest BCUT2D eigenvalue weighted by molar-refractivity contribution is 6.08. The fraction of sp³-hybridized carbons (Fsp3) is 0.562. The molecule has 1 N–H and O–H groups in total. The van der Waals surface area contributed by atoms with E-state index in [1.54, 1.807) is 14.2 Å². The zero-order valence-corrected chi connectivity index (χ0v) is 12.7. The smallest absolute Gasteiger partial charge is 0.161 e.